The molecule has 0 spiro atoms. The maximum Gasteiger partial charge on any atom is 0.421 e. The highest BCUT2D eigenvalue weighted by Gasteiger charge is 2.64. The van der Waals surface area contributed by atoms with Crippen LogP contribution in [0.1, 0.15) is 39.7 Å². The predicted octanol–water partition coefficient (Wildman–Crippen LogP) is 4.34. The first-order valence-corrected chi connectivity index (χ1v) is 10.9. The Morgan fingerprint density at radius 2 is 1.97 bits per heavy atom. The summed E-state index contributed by atoms with van der Waals surface area (Å²) in [5.41, 5.74) is -3.03. The molecule has 0 saturated heterocycles. The maximum atomic E-state index is 14.5. The highest BCUT2D eigenvalue weighted by Crippen LogP contribution is 2.51. The van der Waals surface area contributed by atoms with E-state index < -0.39 is 35.0 Å². The lowest BCUT2D eigenvalue weighted by Gasteiger charge is -2.44. The van der Waals surface area contributed by atoms with Gasteiger partial charge in [0, 0.05) is 4.88 Å². The van der Waals surface area contributed by atoms with Gasteiger partial charge in [-0.15, -0.1) is 11.3 Å². The molecule has 1 aromatic heterocycles. The molecule has 6 nitrogen and oxygen atoms in total. The first-order chi connectivity index (χ1) is 15.2. The second kappa shape index (κ2) is 6.84. The number of rotatable bonds is 1. The predicted molar refractivity (Wildman–Crippen MR) is 111 cm³/mol. The number of fused-ring (bicyclic) bond motifs is 5. The van der Waals surface area contributed by atoms with Crippen LogP contribution >= 0.6 is 11.3 Å². The van der Waals surface area contributed by atoms with E-state index in [9.17, 15) is 28.0 Å². The largest absolute Gasteiger partial charge is 0.421 e. The minimum atomic E-state index is -5.04. The summed E-state index contributed by atoms with van der Waals surface area (Å²) in [4.78, 5) is 28.2. The third kappa shape index (κ3) is 2.64. The Kier molecular flexibility index (Phi) is 4.40. The molecule has 1 aliphatic carbocycles. The number of carbonyl (C=O) groups is 2. The van der Waals surface area contributed by atoms with Gasteiger partial charge >= 0.3 is 12.2 Å². The van der Waals surface area contributed by atoms with Gasteiger partial charge in [-0.25, -0.2) is 9.69 Å². The van der Waals surface area contributed by atoms with Crippen molar-refractivity contribution in [1.82, 2.24) is 10.6 Å². The normalized spacial score (nSPS) is 24.7. The molecule has 0 saturated carbocycles. The fourth-order valence-corrected chi connectivity index (χ4v) is 6.21. The van der Waals surface area contributed by atoms with Crippen molar-refractivity contribution in [2.45, 2.75) is 37.9 Å². The number of amides is 3. The van der Waals surface area contributed by atoms with Crippen LogP contribution in [-0.4, -0.2) is 18.1 Å². The number of nitrogens with one attached hydrogen (secondary N) is 2. The summed E-state index contributed by atoms with van der Waals surface area (Å²) in [6, 6.07) is 7.31. The highest BCUT2D eigenvalue weighted by atomic mass is 32.1. The standard InChI is InChI=1S/C22H17F3N4O2S/c1-11-7-8-13-15(9-11)32-19-16(13)18(30)27-17-14(10-26)21(22(23,24)25,28-20(31)29(17)19)12-5-3-2-4-6-12/h2-6,11H,7-9H2,1H3,(H,27,30)(H,28,31)/t11-,21-/m0/s1. The number of carbonyl (C=O) groups excluding carboxylic acids is 2. The third-order valence-corrected chi connectivity index (χ3v) is 7.47. The minimum absolute atomic E-state index is 0.261. The average molecular weight is 458 g/mol. The Morgan fingerprint density at radius 1 is 1.25 bits per heavy atom. The fraction of sp³-hybridized carbons (Fsp3) is 0.318. The number of halogens is 3. The van der Waals surface area contributed by atoms with Gasteiger partial charge in [-0.1, -0.05) is 37.3 Å². The van der Waals surface area contributed by atoms with Crippen LogP contribution in [0.3, 0.4) is 0 Å². The molecule has 0 unspecified atom stereocenters. The van der Waals surface area contributed by atoms with E-state index >= 15 is 0 Å². The van der Waals surface area contributed by atoms with Gasteiger partial charge in [0.05, 0.1) is 5.56 Å². The summed E-state index contributed by atoms with van der Waals surface area (Å²) in [5, 5.41) is 14.6. The molecule has 2 aliphatic heterocycles. The number of anilines is 1. The third-order valence-electron chi connectivity index (χ3n) is 6.23. The second-order valence-corrected chi connectivity index (χ2v) is 9.28. The molecule has 5 rings (SSSR count). The minimum Gasteiger partial charge on any atom is -0.315 e. The van der Waals surface area contributed by atoms with Crippen molar-refractivity contribution in [1.29, 1.82) is 5.26 Å². The van der Waals surface area contributed by atoms with E-state index in [0.717, 1.165) is 28.2 Å². The van der Waals surface area contributed by atoms with Crippen molar-refractivity contribution in [3.8, 4) is 6.07 Å². The molecule has 1 aromatic carbocycles. The topological polar surface area (TPSA) is 85.2 Å². The zero-order chi connectivity index (χ0) is 22.8. The van der Waals surface area contributed by atoms with E-state index in [1.54, 1.807) is 6.07 Å². The summed E-state index contributed by atoms with van der Waals surface area (Å²) in [5.74, 6) is -0.632. The lowest BCUT2D eigenvalue weighted by molar-refractivity contribution is -0.185. The number of hydrogen-bond donors (Lipinski definition) is 2. The molecule has 3 aliphatic rings. The first-order valence-electron chi connectivity index (χ1n) is 10.0. The smallest absolute Gasteiger partial charge is 0.315 e. The molecule has 32 heavy (non-hydrogen) atoms. The quantitative estimate of drug-likeness (QED) is 0.667. The van der Waals surface area contributed by atoms with Gasteiger partial charge in [0.25, 0.3) is 5.91 Å². The van der Waals surface area contributed by atoms with Gasteiger partial charge in [0.1, 0.15) is 22.5 Å². The number of hydrogen-bond acceptors (Lipinski definition) is 4. The first kappa shape index (κ1) is 20.6. The van der Waals surface area contributed by atoms with Crippen molar-refractivity contribution in [3.05, 3.63) is 63.3 Å². The van der Waals surface area contributed by atoms with E-state index in [1.165, 1.54) is 41.7 Å². The second-order valence-electron chi connectivity index (χ2n) is 8.20. The number of benzene rings is 1. The van der Waals surface area contributed by atoms with E-state index in [4.69, 9.17) is 0 Å². The SMILES string of the molecule is C[C@H]1CCc2c(sc3c2C(=O)NC2=C(C#N)[C@@](c4ccccc4)(C(F)(F)F)NC(=O)N23)C1. The molecule has 3 amide bonds. The summed E-state index contributed by atoms with van der Waals surface area (Å²) < 4.78 is 43.6. The Hall–Kier alpha value is -3.32. The number of alkyl halides is 3. The summed E-state index contributed by atoms with van der Waals surface area (Å²) in [7, 11) is 0. The fourth-order valence-electron chi connectivity index (χ4n) is 4.70. The Morgan fingerprint density at radius 3 is 2.62 bits per heavy atom. The molecule has 164 valence electrons. The van der Waals surface area contributed by atoms with Crippen LogP contribution in [0.25, 0.3) is 0 Å². The molecule has 2 aromatic rings. The Balaban J connectivity index is 1.78. The van der Waals surface area contributed by atoms with Crippen molar-refractivity contribution in [2.24, 2.45) is 5.92 Å². The highest BCUT2D eigenvalue weighted by molar-refractivity contribution is 7.17. The molecule has 2 atom stereocenters. The summed E-state index contributed by atoms with van der Waals surface area (Å²) >= 11 is 1.23. The summed E-state index contributed by atoms with van der Waals surface area (Å²) in [6.45, 7) is 2.09. The lowest BCUT2D eigenvalue weighted by Crippen LogP contribution is -2.66. The van der Waals surface area contributed by atoms with Gasteiger partial charge in [-0.2, -0.15) is 18.4 Å². The molecule has 2 N–H and O–H groups in total. The van der Waals surface area contributed by atoms with Crippen LogP contribution in [0, 0.1) is 17.2 Å². The van der Waals surface area contributed by atoms with Gasteiger partial charge in [-0.3, -0.25) is 4.79 Å². The molecule has 0 bridgehead atoms. The van der Waals surface area contributed by atoms with Gasteiger partial charge in [0.15, 0.2) is 0 Å². The van der Waals surface area contributed by atoms with Crippen LogP contribution in [0.15, 0.2) is 41.7 Å². The van der Waals surface area contributed by atoms with E-state index in [1.807, 2.05) is 0 Å². The van der Waals surface area contributed by atoms with Crippen LogP contribution in [0.2, 0.25) is 0 Å². The summed E-state index contributed by atoms with van der Waals surface area (Å²) in [6.07, 6.45) is -2.77. The van der Waals surface area contributed by atoms with Gasteiger partial charge in [-0.05, 0) is 36.3 Å². The van der Waals surface area contributed by atoms with Crippen LogP contribution in [-0.2, 0) is 18.4 Å². The molecule has 0 fully saturated rings. The molecular formula is C22H17F3N4O2S. The molecule has 10 heteroatoms. The molecule has 3 heterocycles. The number of nitriles is 1. The zero-order valence-electron chi connectivity index (χ0n) is 16.8. The number of thiophene rings is 1. The maximum absolute atomic E-state index is 14.5. The Bertz CT molecular complexity index is 1230. The Labute approximate surface area is 185 Å². The molecule has 0 radical (unpaired) electrons. The monoisotopic (exact) mass is 458 g/mol. The van der Waals surface area contributed by atoms with Gasteiger partial charge < -0.3 is 10.6 Å². The van der Waals surface area contributed by atoms with Crippen LogP contribution in [0.4, 0.5) is 23.0 Å². The van der Waals surface area contributed by atoms with E-state index in [2.05, 4.69) is 17.6 Å². The van der Waals surface area contributed by atoms with Crippen molar-refractivity contribution in [3.63, 3.8) is 0 Å². The average Bonchev–Trinajstić information content (AvgIpc) is 3.12. The van der Waals surface area contributed by atoms with Crippen molar-refractivity contribution >= 4 is 28.3 Å². The number of urea groups is 1. The van der Waals surface area contributed by atoms with Crippen LogP contribution < -0.4 is 15.5 Å². The van der Waals surface area contributed by atoms with Crippen molar-refractivity contribution < 1.29 is 22.8 Å². The lowest BCUT2D eigenvalue weighted by atomic mass is 9.80. The van der Waals surface area contributed by atoms with E-state index in [-0.39, 0.29) is 10.6 Å². The molecular weight excluding hydrogens is 441 g/mol. The zero-order valence-corrected chi connectivity index (χ0v) is 17.7. The van der Waals surface area contributed by atoms with Gasteiger partial charge in [0.2, 0.25) is 5.54 Å². The van der Waals surface area contributed by atoms with E-state index in [0.29, 0.717) is 17.9 Å². The number of nitrogens with zero attached hydrogens (tertiary/aromatic N) is 2. The van der Waals surface area contributed by atoms with Crippen LogP contribution in [0.5, 0.6) is 0 Å². The van der Waals surface area contributed by atoms with Crippen molar-refractivity contribution in [2.75, 3.05) is 4.90 Å².